The molecule has 144 valence electrons. The lowest BCUT2D eigenvalue weighted by atomic mass is 10.1. The van der Waals surface area contributed by atoms with Crippen molar-refractivity contribution >= 4 is 35.3 Å². The molecule has 0 atom stereocenters. The molecule has 1 amide bonds. The van der Waals surface area contributed by atoms with Crippen LogP contribution in [-0.2, 0) is 4.79 Å². The number of aryl methyl sites for hydroxylation is 1. The summed E-state index contributed by atoms with van der Waals surface area (Å²) in [5.74, 6) is -0.0808. The number of hydrogen-bond acceptors (Lipinski definition) is 3. The third-order valence-corrected chi connectivity index (χ3v) is 5.37. The van der Waals surface area contributed by atoms with Crippen LogP contribution >= 0.6 is 23.2 Å². The van der Waals surface area contributed by atoms with E-state index in [1.54, 1.807) is 12.3 Å². The summed E-state index contributed by atoms with van der Waals surface area (Å²) in [6.07, 6.45) is 5.26. The van der Waals surface area contributed by atoms with Gasteiger partial charge in [-0.3, -0.25) is 9.69 Å². The van der Waals surface area contributed by atoms with Gasteiger partial charge >= 0.3 is 0 Å². The summed E-state index contributed by atoms with van der Waals surface area (Å²) < 4.78 is 2.05. The number of hydrogen-bond donors (Lipinski definition) is 1. The second-order valence-corrected chi connectivity index (χ2v) is 7.73. The normalized spacial score (nSPS) is 15.4. The molecule has 0 saturated carbocycles. The van der Waals surface area contributed by atoms with E-state index in [9.17, 15) is 4.79 Å². The van der Waals surface area contributed by atoms with Crippen molar-refractivity contribution < 1.29 is 4.79 Å². The first kappa shape index (κ1) is 19.9. The quantitative estimate of drug-likeness (QED) is 0.592. The first-order valence-corrected chi connectivity index (χ1v) is 9.90. The van der Waals surface area contributed by atoms with Gasteiger partial charge in [0, 0.05) is 22.0 Å². The van der Waals surface area contributed by atoms with Crippen LogP contribution < -0.4 is 5.43 Å². The molecule has 1 aliphatic rings. The number of nitrogens with one attached hydrogen (secondary N) is 1. The third-order valence-electron chi connectivity index (χ3n) is 4.83. The second-order valence-electron chi connectivity index (χ2n) is 6.89. The molecule has 2 heterocycles. The molecule has 0 bridgehead atoms. The van der Waals surface area contributed by atoms with Crippen molar-refractivity contribution in [3.05, 3.63) is 51.3 Å². The van der Waals surface area contributed by atoms with Crippen LogP contribution in [-0.4, -0.2) is 41.2 Å². The van der Waals surface area contributed by atoms with E-state index in [0.29, 0.717) is 16.6 Å². The number of amides is 1. The van der Waals surface area contributed by atoms with E-state index >= 15 is 0 Å². The maximum atomic E-state index is 12.1. The minimum absolute atomic E-state index is 0.0808. The molecule has 1 N–H and O–H groups in total. The summed E-state index contributed by atoms with van der Waals surface area (Å²) in [5, 5.41) is 5.32. The van der Waals surface area contributed by atoms with Gasteiger partial charge in [0.05, 0.1) is 23.5 Å². The molecule has 1 aromatic heterocycles. The maximum absolute atomic E-state index is 12.1. The van der Waals surface area contributed by atoms with Crippen LogP contribution in [0.4, 0.5) is 0 Å². The minimum atomic E-state index is -0.0808. The van der Waals surface area contributed by atoms with Crippen LogP contribution in [0.1, 0.15) is 36.2 Å². The Kier molecular flexibility index (Phi) is 6.58. The molecule has 2 aromatic rings. The van der Waals surface area contributed by atoms with Gasteiger partial charge in [-0.25, -0.2) is 5.43 Å². The molecular formula is C20H24Cl2N4O. The Morgan fingerprint density at radius 1 is 1.19 bits per heavy atom. The first-order valence-electron chi connectivity index (χ1n) is 9.14. The predicted molar refractivity (Wildman–Crippen MR) is 111 cm³/mol. The summed E-state index contributed by atoms with van der Waals surface area (Å²) in [4.78, 5) is 14.2. The summed E-state index contributed by atoms with van der Waals surface area (Å²) in [5.41, 5.74) is 6.44. The van der Waals surface area contributed by atoms with Crippen molar-refractivity contribution in [3.8, 4) is 5.69 Å². The monoisotopic (exact) mass is 406 g/mol. The SMILES string of the molecule is Cc1cc(/C=N/NC(=O)CN2CCCCC2)c(C)n1-c1ccc(Cl)cc1Cl. The number of halogens is 2. The number of rotatable bonds is 5. The van der Waals surface area contributed by atoms with E-state index in [2.05, 4.69) is 20.0 Å². The van der Waals surface area contributed by atoms with Gasteiger partial charge < -0.3 is 4.57 Å². The predicted octanol–water partition coefficient (Wildman–Crippen LogP) is 4.34. The standard InChI is InChI=1S/C20H24Cl2N4O/c1-14-10-16(12-23-24-20(27)13-25-8-4-3-5-9-25)15(2)26(14)19-7-6-17(21)11-18(19)22/h6-7,10-12H,3-5,8-9,13H2,1-2H3,(H,24,27)/b23-12+. The van der Waals surface area contributed by atoms with Gasteiger partial charge in [-0.15, -0.1) is 0 Å². The number of nitrogens with zero attached hydrogens (tertiary/aromatic N) is 3. The van der Waals surface area contributed by atoms with Gasteiger partial charge in [0.15, 0.2) is 0 Å². The molecule has 0 aliphatic carbocycles. The van der Waals surface area contributed by atoms with E-state index in [1.807, 2.05) is 32.0 Å². The van der Waals surface area contributed by atoms with Crippen LogP contribution in [0.5, 0.6) is 0 Å². The molecule has 5 nitrogen and oxygen atoms in total. The van der Waals surface area contributed by atoms with Crippen LogP contribution in [0.2, 0.25) is 10.0 Å². The molecule has 3 rings (SSSR count). The lowest BCUT2D eigenvalue weighted by Crippen LogP contribution is -2.38. The number of benzene rings is 1. The van der Waals surface area contributed by atoms with Crippen LogP contribution in [0, 0.1) is 13.8 Å². The zero-order valence-corrected chi connectivity index (χ0v) is 17.1. The van der Waals surface area contributed by atoms with E-state index in [0.717, 1.165) is 48.6 Å². The average Bonchev–Trinajstić information content (AvgIpc) is 2.90. The smallest absolute Gasteiger partial charge is 0.254 e. The highest BCUT2D eigenvalue weighted by Gasteiger charge is 2.14. The second kappa shape index (κ2) is 8.91. The highest BCUT2D eigenvalue weighted by molar-refractivity contribution is 6.35. The van der Waals surface area contributed by atoms with Crippen molar-refractivity contribution in [3.63, 3.8) is 0 Å². The van der Waals surface area contributed by atoms with E-state index in [4.69, 9.17) is 23.2 Å². The van der Waals surface area contributed by atoms with Gasteiger partial charge in [0.2, 0.25) is 0 Å². The molecule has 1 saturated heterocycles. The Hall–Kier alpha value is -1.82. The number of likely N-dealkylation sites (tertiary alicyclic amines) is 1. The van der Waals surface area contributed by atoms with Gasteiger partial charge in [-0.05, 0) is 64.0 Å². The minimum Gasteiger partial charge on any atom is -0.316 e. The zero-order valence-electron chi connectivity index (χ0n) is 15.6. The Bertz CT molecular complexity index is 854. The molecule has 1 fully saturated rings. The lowest BCUT2D eigenvalue weighted by molar-refractivity contribution is -0.122. The number of carbonyl (C=O) groups is 1. The van der Waals surface area contributed by atoms with E-state index < -0.39 is 0 Å². The van der Waals surface area contributed by atoms with Crippen LogP contribution in [0.3, 0.4) is 0 Å². The van der Waals surface area contributed by atoms with Crippen molar-refractivity contribution in [2.24, 2.45) is 5.10 Å². The summed E-state index contributed by atoms with van der Waals surface area (Å²) in [7, 11) is 0. The Morgan fingerprint density at radius 2 is 1.93 bits per heavy atom. The summed E-state index contributed by atoms with van der Waals surface area (Å²) in [6.45, 7) is 6.37. The molecular weight excluding hydrogens is 383 g/mol. The third kappa shape index (κ3) is 4.92. The fraction of sp³-hybridized carbons (Fsp3) is 0.400. The molecule has 0 spiro atoms. The fourth-order valence-electron chi connectivity index (χ4n) is 3.48. The first-order chi connectivity index (χ1) is 13.0. The largest absolute Gasteiger partial charge is 0.316 e. The Morgan fingerprint density at radius 3 is 2.63 bits per heavy atom. The maximum Gasteiger partial charge on any atom is 0.254 e. The van der Waals surface area contributed by atoms with Crippen LogP contribution in [0.15, 0.2) is 29.4 Å². The molecule has 0 unspecified atom stereocenters. The molecule has 0 radical (unpaired) electrons. The lowest BCUT2D eigenvalue weighted by Gasteiger charge is -2.25. The zero-order chi connectivity index (χ0) is 19.4. The number of hydrazone groups is 1. The van der Waals surface area contributed by atoms with Crippen molar-refractivity contribution in [2.45, 2.75) is 33.1 Å². The van der Waals surface area contributed by atoms with Crippen molar-refractivity contribution in [2.75, 3.05) is 19.6 Å². The number of piperidine rings is 1. The summed E-state index contributed by atoms with van der Waals surface area (Å²) in [6, 6.07) is 7.45. The number of aromatic nitrogens is 1. The molecule has 7 heteroatoms. The summed E-state index contributed by atoms with van der Waals surface area (Å²) >= 11 is 12.4. The Balaban J connectivity index is 1.69. The topological polar surface area (TPSA) is 49.6 Å². The number of carbonyl (C=O) groups excluding carboxylic acids is 1. The highest BCUT2D eigenvalue weighted by Crippen LogP contribution is 2.28. The van der Waals surface area contributed by atoms with Gasteiger partial charge in [-0.1, -0.05) is 29.6 Å². The average molecular weight is 407 g/mol. The fourth-order valence-corrected chi connectivity index (χ4v) is 3.97. The van der Waals surface area contributed by atoms with Gasteiger partial charge in [0.25, 0.3) is 5.91 Å². The molecule has 1 aromatic carbocycles. The van der Waals surface area contributed by atoms with Crippen molar-refractivity contribution in [1.29, 1.82) is 0 Å². The van der Waals surface area contributed by atoms with Gasteiger partial charge in [-0.2, -0.15) is 5.10 Å². The van der Waals surface area contributed by atoms with E-state index in [-0.39, 0.29) is 5.91 Å². The van der Waals surface area contributed by atoms with Crippen LogP contribution in [0.25, 0.3) is 5.69 Å². The van der Waals surface area contributed by atoms with Gasteiger partial charge in [0.1, 0.15) is 0 Å². The Labute approximate surface area is 169 Å². The molecule has 27 heavy (non-hydrogen) atoms. The van der Waals surface area contributed by atoms with E-state index in [1.165, 1.54) is 6.42 Å². The highest BCUT2D eigenvalue weighted by atomic mass is 35.5. The van der Waals surface area contributed by atoms with Crippen molar-refractivity contribution in [1.82, 2.24) is 14.9 Å². The molecule has 1 aliphatic heterocycles.